The third-order valence-corrected chi connectivity index (χ3v) is 6.85. The van der Waals surface area contributed by atoms with Gasteiger partial charge in [0.25, 0.3) is 0 Å². The number of nitrogens with zero attached hydrogens (tertiary/aromatic N) is 3. The lowest BCUT2D eigenvalue weighted by Crippen LogP contribution is -2.54. The Balaban J connectivity index is 1.47. The maximum Gasteiger partial charge on any atom is 0.410 e. The number of piperidine rings is 1. The van der Waals surface area contributed by atoms with Gasteiger partial charge in [0, 0.05) is 19.6 Å². The topological polar surface area (TPSA) is 92.2 Å². The van der Waals surface area contributed by atoms with E-state index in [0.717, 1.165) is 38.2 Å². The molecule has 3 fully saturated rings. The lowest BCUT2D eigenvalue weighted by molar-refractivity contribution is -0.163. The van der Waals surface area contributed by atoms with E-state index in [-0.39, 0.29) is 25.3 Å². The molecule has 8 heteroatoms. The fraction of sp³-hybridized carbons (Fsp3) is 0.708. The molecule has 0 unspecified atom stereocenters. The van der Waals surface area contributed by atoms with Gasteiger partial charge >= 0.3 is 12.1 Å². The summed E-state index contributed by atoms with van der Waals surface area (Å²) in [6.45, 7) is 8.40. The summed E-state index contributed by atoms with van der Waals surface area (Å²) in [5, 5.41) is 9.60. The molecule has 4 rings (SSSR count). The summed E-state index contributed by atoms with van der Waals surface area (Å²) in [5.41, 5.74) is -0.0610. The molecular formula is C24H35N3O5. The number of amides is 1. The molecule has 2 saturated heterocycles. The number of anilines is 1. The van der Waals surface area contributed by atoms with Crippen LogP contribution in [0.1, 0.15) is 58.6 Å². The standard InChI is InChI=1S/C24H35N3O5/c1-23(2,3)32-22(30)27(13-17-6-4-7-17)19-8-5-11-26(14-19)18-9-10-20(25-12-18)24(21(28)29)15-31-16-24/h9-10,12,17,19H,4-8,11,13-16H2,1-3H3,(H,28,29)/t19-/m1/s1. The van der Waals surface area contributed by atoms with E-state index in [4.69, 9.17) is 9.47 Å². The van der Waals surface area contributed by atoms with Gasteiger partial charge in [0.05, 0.1) is 36.8 Å². The van der Waals surface area contributed by atoms with E-state index < -0.39 is 17.0 Å². The second-order valence-electron chi connectivity index (χ2n) is 10.5. The van der Waals surface area contributed by atoms with Crippen LogP contribution in [0.5, 0.6) is 0 Å². The van der Waals surface area contributed by atoms with Gasteiger partial charge in [-0.25, -0.2) is 4.79 Å². The van der Waals surface area contributed by atoms with E-state index in [1.54, 1.807) is 12.3 Å². The summed E-state index contributed by atoms with van der Waals surface area (Å²) in [6, 6.07) is 3.83. The lowest BCUT2D eigenvalue weighted by Gasteiger charge is -2.43. The second kappa shape index (κ2) is 8.89. The van der Waals surface area contributed by atoms with Crippen molar-refractivity contribution in [1.82, 2.24) is 9.88 Å². The first kappa shape index (κ1) is 22.8. The molecule has 1 aromatic rings. The van der Waals surface area contributed by atoms with Crippen molar-refractivity contribution in [2.75, 3.05) is 37.7 Å². The van der Waals surface area contributed by atoms with Crippen molar-refractivity contribution in [1.29, 1.82) is 0 Å². The van der Waals surface area contributed by atoms with Gasteiger partial charge in [0.2, 0.25) is 0 Å². The molecule has 1 amide bonds. The number of carboxylic acid groups (broad SMARTS) is 1. The van der Waals surface area contributed by atoms with E-state index >= 15 is 0 Å². The molecule has 3 aliphatic rings. The van der Waals surface area contributed by atoms with Crippen LogP contribution < -0.4 is 4.90 Å². The number of carboxylic acids is 1. The highest BCUT2D eigenvalue weighted by molar-refractivity contribution is 5.82. The average Bonchev–Trinajstić information content (AvgIpc) is 2.65. The van der Waals surface area contributed by atoms with Crippen LogP contribution in [-0.4, -0.2) is 71.5 Å². The van der Waals surface area contributed by atoms with Crippen LogP contribution in [-0.2, 0) is 19.7 Å². The molecular weight excluding hydrogens is 410 g/mol. The highest BCUT2D eigenvalue weighted by Crippen LogP contribution is 2.33. The Morgan fingerprint density at radius 1 is 1.25 bits per heavy atom. The number of carbonyl (C=O) groups excluding carboxylic acids is 1. The summed E-state index contributed by atoms with van der Waals surface area (Å²) in [6.07, 6.45) is 7.05. The molecule has 2 aliphatic heterocycles. The van der Waals surface area contributed by atoms with Crippen LogP contribution in [0.3, 0.4) is 0 Å². The first-order chi connectivity index (χ1) is 15.2. The van der Waals surface area contributed by atoms with Crippen molar-refractivity contribution in [3.8, 4) is 0 Å². The van der Waals surface area contributed by atoms with Gasteiger partial charge in [-0.05, 0) is 64.5 Å². The van der Waals surface area contributed by atoms with Crippen molar-refractivity contribution in [3.05, 3.63) is 24.0 Å². The zero-order chi connectivity index (χ0) is 22.9. The molecule has 1 aliphatic carbocycles. The van der Waals surface area contributed by atoms with E-state index in [0.29, 0.717) is 11.6 Å². The number of ether oxygens (including phenoxy) is 2. The molecule has 3 heterocycles. The van der Waals surface area contributed by atoms with Gasteiger partial charge < -0.3 is 24.4 Å². The SMILES string of the molecule is CC(C)(C)OC(=O)N(CC1CCC1)[C@@H]1CCCN(c2ccc(C3(C(=O)O)COC3)nc2)C1. The lowest BCUT2D eigenvalue weighted by atomic mass is 9.82. The first-order valence-electron chi connectivity index (χ1n) is 11.7. The van der Waals surface area contributed by atoms with Gasteiger partial charge in [-0.3, -0.25) is 9.78 Å². The molecule has 1 N–H and O–H groups in total. The third kappa shape index (κ3) is 4.70. The fourth-order valence-electron chi connectivity index (χ4n) is 4.63. The van der Waals surface area contributed by atoms with Crippen LogP contribution in [0.2, 0.25) is 0 Å². The van der Waals surface area contributed by atoms with Gasteiger partial charge in [-0.1, -0.05) is 6.42 Å². The Bertz CT molecular complexity index is 827. The molecule has 0 radical (unpaired) electrons. The third-order valence-electron chi connectivity index (χ3n) is 6.85. The zero-order valence-electron chi connectivity index (χ0n) is 19.4. The van der Waals surface area contributed by atoms with Gasteiger partial charge in [-0.15, -0.1) is 0 Å². The summed E-state index contributed by atoms with van der Waals surface area (Å²) in [4.78, 5) is 33.4. The Kier molecular flexibility index (Phi) is 6.34. The van der Waals surface area contributed by atoms with E-state index in [1.165, 1.54) is 19.3 Å². The number of hydrogen-bond acceptors (Lipinski definition) is 6. The maximum atomic E-state index is 13.0. The van der Waals surface area contributed by atoms with Crippen molar-refractivity contribution in [3.63, 3.8) is 0 Å². The number of carbonyl (C=O) groups is 2. The Hall–Kier alpha value is -2.35. The second-order valence-corrected chi connectivity index (χ2v) is 10.5. The minimum absolute atomic E-state index is 0.0873. The minimum Gasteiger partial charge on any atom is -0.480 e. The highest BCUT2D eigenvalue weighted by atomic mass is 16.6. The van der Waals surface area contributed by atoms with E-state index in [9.17, 15) is 14.7 Å². The summed E-state index contributed by atoms with van der Waals surface area (Å²) in [7, 11) is 0. The Morgan fingerprint density at radius 3 is 2.50 bits per heavy atom. The Labute approximate surface area is 189 Å². The number of pyridine rings is 1. The molecule has 8 nitrogen and oxygen atoms in total. The predicted octanol–water partition coefficient (Wildman–Crippen LogP) is 3.44. The summed E-state index contributed by atoms with van der Waals surface area (Å²) in [5.74, 6) is -0.332. The average molecular weight is 446 g/mol. The smallest absolute Gasteiger partial charge is 0.410 e. The van der Waals surface area contributed by atoms with Crippen molar-refractivity contribution in [2.24, 2.45) is 5.92 Å². The molecule has 1 aromatic heterocycles. The largest absolute Gasteiger partial charge is 0.480 e. The monoisotopic (exact) mass is 445 g/mol. The van der Waals surface area contributed by atoms with Crippen LogP contribution in [0.15, 0.2) is 18.3 Å². The normalized spacial score (nSPS) is 23.1. The zero-order valence-corrected chi connectivity index (χ0v) is 19.4. The molecule has 1 saturated carbocycles. The van der Waals surface area contributed by atoms with Crippen molar-refractivity contribution in [2.45, 2.75) is 69.9 Å². The van der Waals surface area contributed by atoms with Crippen LogP contribution in [0.4, 0.5) is 10.5 Å². The highest BCUT2D eigenvalue weighted by Gasteiger charge is 2.49. The predicted molar refractivity (Wildman–Crippen MR) is 120 cm³/mol. The fourth-order valence-corrected chi connectivity index (χ4v) is 4.63. The molecule has 0 spiro atoms. The van der Waals surface area contributed by atoms with Gasteiger partial charge in [0.15, 0.2) is 5.41 Å². The van der Waals surface area contributed by atoms with E-state index in [1.807, 2.05) is 31.7 Å². The Morgan fingerprint density at radius 2 is 2.00 bits per heavy atom. The molecule has 0 bridgehead atoms. The molecule has 32 heavy (non-hydrogen) atoms. The van der Waals surface area contributed by atoms with Crippen LogP contribution >= 0.6 is 0 Å². The van der Waals surface area contributed by atoms with Crippen molar-refractivity contribution < 1.29 is 24.2 Å². The number of aliphatic carboxylic acids is 1. The quantitative estimate of drug-likeness (QED) is 0.717. The minimum atomic E-state index is -1.03. The maximum absolute atomic E-state index is 13.0. The molecule has 176 valence electrons. The number of aromatic nitrogens is 1. The van der Waals surface area contributed by atoms with Crippen molar-refractivity contribution >= 4 is 17.7 Å². The van der Waals surface area contributed by atoms with Gasteiger partial charge in [0.1, 0.15) is 5.60 Å². The summed E-state index contributed by atoms with van der Waals surface area (Å²) >= 11 is 0. The van der Waals surface area contributed by atoms with Gasteiger partial charge in [-0.2, -0.15) is 0 Å². The molecule has 1 atom stereocenters. The molecule has 0 aromatic carbocycles. The first-order valence-corrected chi connectivity index (χ1v) is 11.7. The van der Waals surface area contributed by atoms with E-state index in [2.05, 4.69) is 9.88 Å². The number of rotatable bonds is 6. The summed E-state index contributed by atoms with van der Waals surface area (Å²) < 4.78 is 10.9. The van der Waals surface area contributed by atoms with Crippen LogP contribution in [0, 0.1) is 5.92 Å². The van der Waals surface area contributed by atoms with Crippen LogP contribution in [0.25, 0.3) is 0 Å². The number of hydrogen-bond donors (Lipinski definition) is 1.